The number of benzene rings is 2. The van der Waals surface area contributed by atoms with E-state index < -0.39 is 23.5 Å². The van der Waals surface area contributed by atoms with Gasteiger partial charge < -0.3 is 20.0 Å². The van der Waals surface area contributed by atoms with E-state index in [4.69, 9.17) is 0 Å². The van der Waals surface area contributed by atoms with Crippen LogP contribution in [0.4, 0.5) is 4.39 Å². The molecular formula is C23H25FN2O4. The molecular weight excluding hydrogens is 387 g/mol. The highest BCUT2D eigenvalue weighted by Gasteiger charge is 2.45. The van der Waals surface area contributed by atoms with Crippen LogP contribution in [0.15, 0.2) is 48.0 Å². The number of aromatic hydroxyl groups is 1. The number of amides is 1. The Morgan fingerprint density at radius 1 is 1.17 bits per heavy atom. The summed E-state index contributed by atoms with van der Waals surface area (Å²) in [4.78, 5) is 29.1. The molecule has 3 rings (SSSR count). The molecule has 0 aliphatic carbocycles. The van der Waals surface area contributed by atoms with Crippen molar-refractivity contribution in [1.82, 2.24) is 9.80 Å². The smallest absolute Gasteiger partial charge is 0.295 e. The Labute approximate surface area is 174 Å². The summed E-state index contributed by atoms with van der Waals surface area (Å²) in [7, 11) is 3.83. The Kier molecular flexibility index (Phi) is 6.22. The summed E-state index contributed by atoms with van der Waals surface area (Å²) in [5, 5.41) is 20.9. The van der Waals surface area contributed by atoms with Gasteiger partial charge in [0.1, 0.15) is 17.3 Å². The lowest BCUT2D eigenvalue weighted by Gasteiger charge is -2.26. The molecule has 158 valence electrons. The molecule has 0 aromatic heterocycles. The van der Waals surface area contributed by atoms with Crippen LogP contribution in [-0.2, 0) is 9.59 Å². The van der Waals surface area contributed by atoms with Gasteiger partial charge in [-0.2, -0.15) is 0 Å². The minimum atomic E-state index is -0.843. The summed E-state index contributed by atoms with van der Waals surface area (Å²) in [6.45, 7) is 2.58. The van der Waals surface area contributed by atoms with Crippen LogP contribution in [0.1, 0.15) is 29.2 Å². The van der Waals surface area contributed by atoms with Crippen molar-refractivity contribution in [1.29, 1.82) is 0 Å². The molecule has 6 nitrogen and oxygen atoms in total. The van der Waals surface area contributed by atoms with Crippen LogP contribution >= 0.6 is 0 Å². The first-order valence-electron chi connectivity index (χ1n) is 9.69. The maximum atomic E-state index is 13.7. The van der Waals surface area contributed by atoms with Gasteiger partial charge in [-0.25, -0.2) is 4.39 Å². The third-order valence-electron chi connectivity index (χ3n) is 5.16. The predicted molar refractivity (Wildman–Crippen MR) is 111 cm³/mol. The second kappa shape index (κ2) is 8.67. The largest absolute Gasteiger partial charge is 0.508 e. The highest BCUT2D eigenvalue weighted by Crippen LogP contribution is 2.40. The summed E-state index contributed by atoms with van der Waals surface area (Å²) in [6.07, 6.45) is 0.630. The van der Waals surface area contributed by atoms with Crippen molar-refractivity contribution in [3.63, 3.8) is 0 Å². The summed E-state index contributed by atoms with van der Waals surface area (Å²) in [5.74, 6) is -2.31. The number of phenolic OH excluding ortho intramolecular Hbond substituents is 1. The fourth-order valence-corrected chi connectivity index (χ4v) is 3.66. The van der Waals surface area contributed by atoms with Gasteiger partial charge in [0.25, 0.3) is 11.7 Å². The van der Waals surface area contributed by atoms with E-state index in [1.807, 2.05) is 19.0 Å². The molecule has 1 aliphatic rings. The number of phenols is 1. The molecule has 1 atom stereocenters. The number of aryl methyl sites for hydroxylation is 1. The van der Waals surface area contributed by atoms with Crippen LogP contribution in [-0.4, -0.2) is 58.9 Å². The summed E-state index contributed by atoms with van der Waals surface area (Å²) in [6, 6.07) is 9.44. The monoisotopic (exact) mass is 412 g/mol. The van der Waals surface area contributed by atoms with E-state index >= 15 is 0 Å². The second-order valence-corrected chi connectivity index (χ2v) is 7.71. The molecule has 1 aliphatic heterocycles. The van der Waals surface area contributed by atoms with Crippen LogP contribution in [0.2, 0.25) is 0 Å². The highest BCUT2D eigenvalue weighted by molar-refractivity contribution is 6.46. The fraction of sp³-hybridized carbons (Fsp3) is 0.304. The quantitative estimate of drug-likeness (QED) is 0.433. The predicted octanol–water partition coefficient (Wildman–Crippen LogP) is 3.21. The standard InChI is InChI=1S/C23H25FN2O4/c1-14-12-16(8-9-18(14)24)21(28)19-20(15-6-4-7-17(27)13-15)26(23(30)22(19)29)11-5-10-25(2)3/h4,6-9,12-13,20,27-28H,5,10-11H2,1-3H3/b21-19-. The van der Waals surface area contributed by atoms with Crippen molar-refractivity contribution in [2.24, 2.45) is 0 Å². The Balaban J connectivity index is 2.12. The number of hydrogen-bond acceptors (Lipinski definition) is 5. The molecule has 1 fully saturated rings. The number of carbonyl (C=O) groups excluding carboxylic acids is 2. The highest BCUT2D eigenvalue weighted by atomic mass is 19.1. The molecule has 1 saturated heterocycles. The number of aliphatic hydroxyl groups excluding tert-OH is 1. The molecule has 30 heavy (non-hydrogen) atoms. The molecule has 0 spiro atoms. The SMILES string of the molecule is Cc1cc(/C(O)=C2/C(=O)C(=O)N(CCCN(C)C)C2c2cccc(O)c2)ccc1F. The lowest BCUT2D eigenvalue weighted by Crippen LogP contribution is -2.32. The normalized spacial score (nSPS) is 18.4. The van der Waals surface area contributed by atoms with Gasteiger partial charge in [0.15, 0.2) is 0 Å². The summed E-state index contributed by atoms with van der Waals surface area (Å²) < 4.78 is 13.7. The van der Waals surface area contributed by atoms with Crippen LogP contribution in [0.25, 0.3) is 5.76 Å². The number of carbonyl (C=O) groups is 2. The van der Waals surface area contributed by atoms with Crippen LogP contribution < -0.4 is 0 Å². The van der Waals surface area contributed by atoms with Crippen molar-refractivity contribution < 1.29 is 24.2 Å². The van der Waals surface area contributed by atoms with Crippen molar-refractivity contribution >= 4 is 17.4 Å². The van der Waals surface area contributed by atoms with Crippen molar-refractivity contribution in [3.05, 3.63) is 70.5 Å². The van der Waals surface area contributed by atoms with E-state index in [2.05, 4.69) is 0 Å². The molecule has 1 unspecified atom stereocenters. The minimum absolute atomic E-state index is 0.0102. The average molecular weight is 412 g/mol. The molecule has 2 aromatic rings. The van der Waals surface area contributed by atoms with Gasteiger partial charge >= 0.3 is 0 Å². The van der Waals surface area contributed by atoms with E-state index in [0.29, 0.717) is 30.6 Å². The van der Waals surface area contributed by atoms with E-state index in [1.165, 1.54) is 35.2 Å². The first-order chi connectivity index (χ1) is 14.2. The number of hydrogen-bond donors (Lipinski definition) is 2. The van der Waals surface area contributed by atoms with E-state index in [0.717, 1.165) is 0 Å². The maximum Gasteiger partial charge on any atom is 0.295 e. The van der Waals surface area contributed by atoms with Crippen LogP contribution in [0, 0.1) is 12.7 Å². The van der Waals surface area contributed by atoms with Gasteiger partial charge in [-0.3, -0.25) is 9.59 Å². The van der Waals surface area contributed by atoms with Crippen molar-refractivity contribution in [3.8, 4) is 5.75 Å². The summed E-state index contributed by atoms with van der Waals surface area (Å²) >= 11 is 0. The molecule has 1 heterocycles. The van der Waals surface area contributed by atoms with Crippen LogP contribution in [0.3, 0.4) is 0 Å². The third kappa shape index (κ3) is 4.21. The Hall–Kier alpha value is -3.19. The average Bonchev–Trinajstić information content (AvgIpc) is 2.94. The van der Waals surface area contributed by atoms with Gasteiger partial charge in [0.05, 0.1) is 11.6 Å². The Morgan fingerprint density at radius 3 is 2.53 bits per heavy atom. The molecule has 0 radical (unpaired) electrons. The topological polar surface area (TPSA) is 81.1 Å². The number of nitrogens with zero attached hydrogens (tertiary/aromatic N) is 2. The van der Waals surface area contributed by atoms with Crippen molar-refractivity contribution in [2.45, 2.75) is 19.4 Å². The van der Waals surface area contributed by atoms with Gasteiger partial charge in [-0.05, 0) is 75.4 Å². The zero-order valence-electron chi connectivity index (χ0n) is 17.2. The third-order valence-corrected chi connectivity index (χ3v) is 5.16. The fourth-order valence-electron chi connectivity index (χ4n) is 3.66. The van der Waals surface area contributed by atoms with Gasteiger partial charge in [-0.1, -0.05) is 12.1 Å². The Bertz CT molecular complexity index is 1020. The molecule has 7 heteroatoms. The van der Waals surface area contributed by atoms with Crippen LogP contribution in [0.5, 0.6) is 5.75 Å². The van der Waals surface area contributed by atoms with E-state index in [-0.39, 0.29) is 22.6 Å². The lowest BCUT2D eigenvalue weighted by atomic mass is 9.94. The van der Waals surface area contributed by atoms with Gasteiger partial charge in [0.2, 0.25) is 0 Å². The number of Topliss-reactive ketones (excluding diaryl/α,β-unsaturated/α-hetero) is 1. The zero-order chi connectivity index (χ0) is 22.0. The number of likely N-dealkylation sites (tertiary alicyclic amines) is 1. The lowest BCUT2D eigenvalue weighted by molar-refractivity contribution is -0.139. The molecule has 2 N–H and O–H groups in total. The van der Waals surface area contributed by atoms with Gasteiger partial charge in [0, 0.05) is 12.1 Å². The van der Waals surface area contributed by atoms with Crippen molar-refractivity contribution in [2.75, 3.05) is 27.2 Å². The first kappa shape index (κ1) is 21.5. The zero-order valence-corrected chi connectivity index (χ0v) is 17.2. The van der Waals surface area contributed by atoms with E-state index in [9.17, 15) is 24.2 Å². The molecule has 2 aromatic carbocycles. The minimum Gasteiger partial charge on any atom is -0.508 e. The Morgan fingerprint density at radius 2 is 1.90 bits per heavy atom. The molecule has 1 amide bonds. The summed E-state index contributed by atoms with van der Waals surface area (Å²) in [5.41, 5.74) is 1.01. The number of ketones is 1. The van der Waals surface area contributed by atoms with Gasteiger partial charge in [-0.15, -0.1) is 0 Å². The first-order valence-corrected chi connectivity index (χ1v) is 9.69. The molecule has 0 bridgehead atoms. The molecule has 0 saturated carbocycles. The number of aliphatic hydroxyl groups is 1. The second-order valence-electron chi connectivity index (χ2n) is 7.71. The number of rotatable bonds is 6. The number of halogens is 1. The van der Waals surface area contributed by atoms with E-state index in [1.54, 1.807) is 19.1 Å². The maximum absolute atomic E-state index is 13.7.